The van der Waals surface area contributed by atoms with Crippen molar-refractivity contribution >= 4 is 0 Å². The van der Waals surface area contributed by atoms with E-state index in [4.69, 9.17) is 15.3 Å². The maximum atomic E-state index is 8.98. The first-order chi connectivity index (χ1) is 4.09. The first-order valence-corrected chi connectivity index (χ1v) is 3.06. The Kier molecular flexibility index (Phi) is 3.77. The minimum absolute atomic E-state index is 0.00727. The van der Waals surface area contributed by atoms with Crippen molar-refractivity contribution < 1.29 is 15.3 Å². The first-order valence-electron chi connectivity index (χ1n) is 3.06. The SMILES string of the molecule is CC(C)C(O)[C@H](O)CO. The summed E-state index contributed by atoms with van der Waals surface area (Å²) in [5, 5.41) is 26.1. The van der Waals surface area contributed by atoms with Crippen LogP contribution in [0.15, 0.2) is 0 Å². The normalized spacial score (nSPS) is 18.0. The van der Waals surface area contributed by atoms with Crippen LogP contribution in [0.5, 0.6) is 0 Å². The van der Waals surface area contributed by atoms with Gasteiger partial charge in [-0.05, 0) is 5.92 Å². The van der Waals surface area contributed by atoms with E-state index in [0.29, 0.717) is 0 Å². The smallest absolute Gasteiger partial charge is 0.103 e. The van der Waals surface area contributed by atoms with Crippen molar-refractivity contribution in [3.05, 3.63) is 0 Å². The minimum Gasteiger partial charge on any atom is -0.394 e. The molecule has 0 saturated carbocycles. The molecule has 3 heteroatoms. The van der Waals surface area contributed by atoms with Crippen LogP contribution in [0.2, 0.25) is 0 Å². The van der Waals surface area contributed by atoms with Gasteiger partial charge in [0.05, 0.1) is 12.7 Å². The highest BCUT2D eigenvalue weighted by Crippen LogP contribution is 2.04. The summed E-state index contributed by atoms with van der Waals surface area (Å²) in [4.78, 5) is 0. The van der Waals surface area contributed by atoms with E-state index in [9.17, 15) is 0 Å². The number of hydrogen-bond donors (Lipinski definition) is 3. The minimum atomic E-state index is -0.995. The molecule has 0 fully saturated rings. The number of rotatable bonds is 3. The second-order valence-corrected chi connectivity index (χ2v) is 2.48. The van der Waals surface area contributed by atoms with E-state index in [-0.39, 0.29) is 12.5 Å². The zero-order valence-electron chi connectivity index (χ0n) is 5.78. The molecule has 9 heavy (non-hydrogen) atoms. The lowest BCUT2D eigenvalue weighted by molar-refractivity contribution is -0.0356. The standard InChI is InChI=1S/C6H14O3/c1-4(2)6(9)5(8)3-7/h4-9H,3H2,1-2H3/t5-,6?/m1/s1. The van der Waals surface area contributed by atoms with Gasteiger partial charge in [-0.3, -0.25) is 0 Å². The van der Waals surface area contributed by atoms with Crippen LogP contribution in [0, 0.1) is 5.92 Å². The van der Waals surface area contributed by atoms with Crippen LogP contribution >= 0.6 is 0 Å². The maximum Gasteiger partial charge on any atom is 0.103 e. The van der Waals surface area contributed by atoms with Crippen molar-refractivity contribution in [2.45, 2.75) is 26.1 Å². The summed E-state index contributed by atoms with van der Waals surface area (Å²) in [5.74, 6) is -0.00727. The van der Waals surface area contributed by atoms with Gasteiger partial charge < -0.3 is 15.3 Å². The van der Waals surface area contributed by atoms with Crippen LogP contribution in [0.25, 0.3) is 0 Å². The molecule has 2 atom stereocenters. The third kappa shape index (κ3) is 2.79. The number of hydrogen-bond acceptors (Lipinski definition) is 3. The van der Waals surface area contributed by atoms with E-state index in [1.165, 1.54) is 0 Å². The topological polar surface area (TPSA) is 60.7 Å². The second kappa shape index (κ2) is 3.82. The number of aliphatic hydroxyl groups excluding tert-OH is 3. The van der Waals surface area contributed by atoms with Crippen LogP contribution in [-0.2, 0) is 0 Å². The molecule has 56 valence electrons. The molecule has 3 N–H and O–H groups in total. The third-order valence-electron chi connectivity index (χ3n) is 1.26. The van der Waals surface area contributed by atoms with E-state index < -0.39 is 12.2 Å². The molecule has 0 rings (SSSR count). The van der Waals surface area contributed by atoms with Crippen molar-refractivity contribution in [1.29, 1.82) is 0 Å². The molecule has 1 unspecified atom stereocenters. The third-order valence-corrected chi connectivity index (χ3v) is 1.26. The van der Waals surface area contributed by atoms with Crippen molar-refractivity contribution in [2.75, 3.05) is 6.61 Å². The molecule has 0 bridgehead atoms. The summed E-state index contributed by atoms with van der Waals surface area (Å²) in [5.41, 5.74) is 0. The molecule has 0 amide bonds. The highest BCUT2D eigenvalue weighted by Gasteiger charge is 2.17. The summed E-state index contributed by atoms with van der Waals surface area (Å²) in [7, 11) is 0. The van der Waals surface area contributed by atoms with Crippen molar-refractivity contribution in [3.63, 3.8) is 0 Å². The van der Waals surface area contributed by atoms with Crippen LogP contribution < -0.4 is 0 Å². The Hall–Kier alpha value is -0.120. The summed E-state index contributed by atoms with van der Waals surface area (Å²) in [6.45, 7) is 3.19. The molecule has 0 aliphatic rings. The van der Waals surface area contributed by atoms with Gasteiger partial charge in [-0.2, -0.15) is 0 Å². The fourth-order valence-electron chi connectivity index (χ4n) is 0.552. The highest BCUT2D eigenvalue weighted by atomic mass is 16.4. The molecular weight excluding hydrogens is 120 g/mol. The zero-order chi connectivity index (χ0) is 7.44. The Morgan fingerprint density at radius 2 is 1.67 bits per heavy atom. The predicted octanol–water partition coefficient (Wildman–Crippen LogP) is -0.643. The molecular formula is C6H14O3. The summed E-state index contributed by atoms with van der Waals surface area (Å²) in [6, 6.07) is 0. The highest BCUT2D eigenvalue weighted by molar-refractivity contribution is 4.68. The van der Waals surface area contributed by atoms with E-state index in [1.54, 1.807) is 13.8 Å². The fourth-order valence-corrected chi connectivity index (χ4v) is 0.552. The van der Waals surface area contributed by atoms with Gasteiger partial charge in [0.25, 0.3) is 0 Å². The molecule has 0 aliphatic heterocycles. The first kappa shape index (κ1) is 8.88. The van der Waals surface area contributed by atoms with Crippen molar-refractivity contribution in [2.24, 2.45) is 5.92 Å². The molecule has 3 nitrogen and oxygen atoms in total. The van der Waals surface area contributed by atoms with Gasteiger partial charge in [-0.25, -0.2) is 0 Å². The number of aliphatic hydroxyl groups is 3. The van der Waals surface area contributed by atoms with Crippen LogP contribution in [0.3, 0.4) is 0 Å². The van der Waals surface area contributed by atoms with Gasteiger partial charge in [0.2, 0.25) is 0 Å². The molecule has 0 heterocycles. The lowest BCUT2D eigenvalue weighted by Gasteiger charge is -2.18. The Labute approximate surface area is 54.9 Å². The van der Waals surface area contributed by atoms with Gasteiger partial charge >= 0.3 is 0 Å². The van der Waals surface area contributed by atoms with Crippen LogP contribution in [-0.4, -0.2) is 34.1 Å². The van der Waals surface area contributed by atoms with Crippen LogP contribution in [0.1, 0.15) is 13.8 Å². The zero-order valence-corrected chi connectivity index (χ0v) is 5.78. The molecule has 0 saturated heterocycles. The second-order valence-electron chi connectivity index (χ2n) is 2.48. The molecule has 0 spiro atoms. The largest absolute Gasteiger partial charge is 0.394 e. The summed E-state index contributed by atoms with van der Waals surface area (Å²) in [6.07, 6.45) is -1.81. The molecule has 0 aromatic rings. The van der Waals surface area contributed by atoms with Gasteiger partial charge in [0, 0.05) is 0 Å². The average molecular weight is 134 g/mol. The van der Waals surface area contributed by atoms with Gasteiger partial charge in [0.1, 0.15) is 6.10 Å². The molecule has 0 radical (unpaired) electrons. The van der Waals surface area contributed by atoms with Crippen LogP contribution in [0.4, 0.5) is 0 Å². The lowest BCUT2D eigenvalue weighted by atomic mass is 10.0. The van der Waals surface area contributed by atoms with E-state index in [0.717, 1.165) is 0 Å². The summed E-state index contributed by atoms with van der Waals surface area (Å²) < 4.78 is 0. The maximum absolute atomic E-state index is 8.98. The van der Waals surface area contributed by atoms with Gasteiger partial charge in [-0.1, -0.05) is 13.8 Å². The monoisotopic (exact) mass is 134 g/mol. The van der Waals surface area contributed by atoms with Gasteiger partial charge in [-0.15, -0.1) is 0 Å². The lowest BCUT2D eigenvalue weighted by Crippen LogP contribution is -2.33. The quantitative estimate of drug-likeness (QED) is 0.481. The molecule has 0 aromatic carbocycles. The fraction of sp³-hybridized carbons (Fsp3) is 1.00. The molecule has 0 aliphatic carbocycles. The Morgan fingerprint density at radius 3 is 1.78 bits per heavy atom. The van der Waals surface area contributed by atoms with Crippen molar-refractivity contribution in [1.82, 2.24) is 0 Å². The average Bonchev–Trinajstić information content (AvgIpc) is 1.84. The predicted molar refractivity (Wildman–Crippen MR) is 33.9 cm³/mol. The van der Waals surface area contributed by atoms with Gasteiger partial charge in [0.15, 0.2) is 0 Å². The molecule has 0 aromatic heterocycles. The van der Waals surface area contributed by atoms with Crippen molar-refractivity contribution in [3.8, 4) is 0 Å². The summed E-state index contributed by atoms with van der Waals surface area (Å²) >= 11 is 0. The van der Waals surface area contributed by atoms with E-state index in [1.807, 2.05) is 0 Å². The Balaban J connectivity index is 3.58. The Bertz CT molecular complexity index is 72.7. The van der Waals surface area contributed by atoms with E-state index in [2.05, 4.69) is 0 Å². The van der Waals surface area contributed by atoms with E-state index >= 15 is 0 Å². The Morgan fingerprint density at radius 1 is 1.22 bits per heavy atom.